The van der Waals surface area contributed by atoms with Crippen LogP contribution in [0.2, 0.25) is 0 Å². The first kappa shape index (κ1) is 18.7. The van der Waals surface area contributed by atoms with E-state index >= 15 is 0 Å². The van der Waals surface area contributed by atoms with Crippen molar-refractivity contribution in [2.75, 3.05) is 7.11 Å². The Morgan fingerprint density at radius 2 is 2.07 bits per heavy atom. The summed E-state index contributed by atoms with van der Waals surface area (Å²) in [6.45, 7) is 2.45. The quantitative estimate of drug-likeness (QED) is 0.463. The van der Waals surface area contributed by atoms with Crippen LogP contribution < -0.4 is 9.47 Å². The van der Waals surface area contributed by atoms with Gasteiger partial charge in [0.05, 0.1) is 18.9 Å². The van der Waals surface area contributed by atoms with Crippen LogP contribution in [-0.2, 0) is 19.6 Å². The number of para-hydroxylation sites is 1. The molecule has 7 heteroatoms. The molecule has 0 unspecified atom stereocenters. The molecule has 29 heavy (non-hydrogen) atoms. The number of nitrogens with zero attached hydrogens (tertiary/aromatic N) is 3. The molecule has 2 aromatic carbocycles. The molecule has 148 valence electrons. The molecule has 2 heterocycles. The normalized spacial score (nSPS) is 11.0. The molecular formula is C22H22N4O3. The molecular weight excluding hydrogens is 368 g/mol. The standard InChI is InChI=1S/C22H22N4O3/c1-15(27)19-8-7-18(28-2)11-22(19)29-14-17-13-26(25-24-17)10-9-16-12-23-21-6-4-3-5-20(16)21/h3-8,11-13,23H,9-10,14H2,1-2H3. The molecule has 0 fully saturated rings. The molecule has 0 saturated carbocycles. The lowest BCUT2D eigenvalue weighted by atomic mass is 10.1. The molecule has 7 nitrogen and oxygen atoms in total. The second-order valence-electron chi connectivity index (χ2n) is 6.79. The number of hydrogen-bond donors (Lipinski definition) is 1. The first-order chi connectivity index (χ1) is 14.1. The minimum atomic E-state index is -0.0648. The highest BCUT2D eigenvalue weighted by atomic mass is 16.5. The Balaban J connectivity index is 1.40. The van der Waals surface area contributed by atoms with Crippen molar-refractivity contribution < 1.29 is 14.3 Å². The van der Waals surface area contributed by atoms with Crippen molar-refractivity contribution >= 4 is 16.7 Å². The zero-order chi connectivity index (χ0) is 20.2. The second kappa shape index (κ2) is 8.18. The van der Waals surface area contributed by atoms with Crippen LogP contribution in [0.4, 0.5) is 0 Å². The molecule has 0 atom stereocenters. The summed E-state index contributed by atoms with van der Waals surface area (Å²) in [6, 6.07) is 13.4. The van der Waals surface area contributed by atoms with Gasteiger partial charge in [0, 0.05) is 29.7 Å². The van der Waals surface area contributed by atoms with Gasteiger partial charge in [-0.3, -0.25) is 9.48 Å². The van der Waals surface area contributed by atoms with Gasteiger partial charge in [0.2, 0.25) is 0 Å². The molecule has 4 aromatic rings. The summed E-state index contributed by atoms with van der Waals surface area (Å²) in [5.41, 5.74) is 3.59. The van der Waals surface area contributed by atoms with Gasteiger partial charge >= 0.3 is 0 Å². The Morgan fingerprint density at radius 3 is 2.90 bits per heavy atom. The van der Waals surface area contributed by atoms with Crippen molar-refractivity contribution in [1.29, 1.82) is 0 Å². The van der Waals surface area contributed by atoms with Gasteiger partial charge in [-0.25, -0.2) is 0 Å². The fourth-order valence-electron chi connectivity index (χ4n) is 3.28. The van der Waals surface area contributed by atoms with Crippen LogP contribution in [0.3, 0.4) is 0 Å². The summed E-state index contributed by atoms with van der Waals surface area (Å²) < 4.78 is 12.8. The number of aryl methyl sites for hydroxylation is 2. The third-order valence-electron chi connectivity index (χ3n) is 4.81. The number of carbonyl (C=O) groups is 1. The van der Waals surface area contributed by atoms with Crippen LogP contribution in [0, 0.1) is 0 Å². The van der Waals surface area contributed by atoms with E-state index in [1.807, 2.05) is 24.5 Å². The zero-order valence-corrected chi connectivity index (χ0v) is 16.4. The number of fused-ring (bicyclic) bond motifs is 1. The maximum atomic E-state index is 11.8. The number of benzene rings is 2. The van der Waals surface area contributed by atoms with Gasteiger partial charge in [0.15, 0.2) is 5.78 Å². The van der Waals surface area contributed by atoms with E-state index in [0.717, 1.165) is 11.9 Å². The van der Waals surface area contributed by atoms with Crippen LogP contribution in [0.15, 0.2) is 54.9 Å². The zero-order valence-electron chi connectivity index (χ0n) is 16.4. The summed E-state index contributed by atoms with van der Waals surface area (Å²) in [6.07, 6.45) is 4.75. The van der Waals surface area contributed by atoms with E-state index in [2.05, 4.69) is 27.4 Å². The minimum Gasteiger partial charge on any atom is -0.497 e. The van der Waals surface area contributed by atoms with Crippen LogP contribution >= 0.6 is 0 Å². The molecule has 0 aliphatic rings. The summed E-state index contributed by atoms with van der Waals surface area (Å²) >= 11 is 0. The third kappa shape index (κ3) is 4.13. The molecule has 1 N–H and O–H groups in total. The molecule has 0 amide bonds. The van der Waals surface area contributed by atoms with Gasteiger partial charge < -0.3 is 14.5 Å². The average molecular weight is 390 g/mol. The van der Waals surface area contributed by atoms with Crippen LogP contribution in [-0.4, -0.2) is 32.9 Å². The van der Waals surface area contributed by atoms with E-state index in [4.69, 9.17) is 9.47 Å². The van der Waals surface area contributed by atoms with Crippen LogP contribution in [0.1, 0.15) is 28.5 Å². The van der Waals surface area contributed by atoms with E-state index in [0.29, 0.717) is 29.3 Å². The first-order valence-electron chi connectivity index (χ1n) is 9.40. The Morgan fingerprint density at radius 1 is 1.21 bits per heavy atom. The molecule has 0 radical (unpaired) electrons. The molecule has 0 saturated heterocycles. The average Bonchev–Trinajstić information content (AvgIpc) is 3.37. The molecule has 0 spiro atoms. The summed E-state index contributed by atoms with van der Waals surface area (Å²) in [7, 11) is 1.58. The maximum Gasteiger partial charge on any atom is 0.163 e. The van der Waals surface area contributed by atoms with Crippen molar-refractivity contribution in [2.24, 2.45) is 0 Å². The number of rotatable bonds is 8. The molecule has 2 aromatic heterocycles. The molecule has 0 aliphatic heterocycles. The lowest BCUT2D eigenvalue weighted by molar-refractivity contribution is 0.101. The number of hydrogen-bond acceptors (Lipinski definition) is 5. The fourth-order valence-corrected chi connectivity index (χ4v) is 3.28. The van der Waals surface area contributed by atoms with Gasteiger partial charge in [-0.05, 0) is 37.1 Å². The van der Waals surface area contributed by atoms with E-state index < -0.39 is 0 Å². The summed E-state index contributed by atoms with van der Waals surface area (Å²) in [4.78, 5) is 15.1. The fraction of sp³-hybridized carbons (Fsp3) is 0.227. The highest BCUT2D eigenvalue weighted by Gasteiger charge is 2.12. The van der Waals surface area contributed by atoms with Crippen molar-refractivity contribution in [1.82, 2.24) is 20.0 Å². The van der Waals surface area contributed by atoms with Gasteiger partial charge in [0.25, 0.3) is 0 Å². The Hall–Kier alpha value is -3.61. The van der Waals surface area contributed by atoms with Gasteiger partial charge in [0.1, 0.15) is 23.8 Å². The number of methoxy groups -OCH3 is 1. The largest absolute Gasteiger partial charge is 0.497 e. The van der Waals surface area contributed by atoms with Crippen LogP contribution in [0.25, 0.3) is 10.9 Å². The predicted octanol–water partition coefficient (Wildman–Crippen LogP) is 3.79. The second-order valence-corrected chi connectivity index (χ2v) is 6.79. The number of H-pyrrole nitrogens is 1. The van der Waals surface area contributed by atoms with E-state index in [1.54, 1.807) is 30.0 Å². The molecule has 0 bridgehead atoms. The van der Waals surface area contributed by atoms with Gasteiger partial charge in [-0.15, -0.1) is 5.10 Å². The smallest absolute Gasteiger partial charge is 0.163 e. The van der Waals surface area contributed by atoms with E-state index in [9.17, 15) is 4.79 Å². The number of ether oxygens (including phenoxy) is 2. The highest BCUT2D eigenvalue weighted by molar-refractivity contribution is 5.97. The van der Waals surface area contributed by atoms with Gasteiger partial charge in [-0.1, -0.05) is 23.4 Å². The minimum absolute atomic E-state index is 0.0648. The number of nitrogens with one attached hydrogen (secondary N) is 1. The predicted molar refractivity (Wildman–Crippen MR) is 109 cm³/mol. The SMILES string of the molecule is COc1ccc(C(C)=O)c(OCc2cn(CCc3c[nH]c4ccccc34)nn2)c1. The van der Waals surface area contributed by atoms with Gasteiger partial charge in [-0.2, -0.15) is 0 Å². The summed E-state index contributed by atoms with van der Waals surface area (Å²) in [5, 5.41) is 9.59. The van der Waals surface area contributed by atoms with Crippen molar-refractivity contribution in [3.8, 4) is 11.5 Å². The van der Waals surface area contributed by atoms with Crippen molar-refractivity contribution in [3.63, 3.8) is 0 Å². The third-order valence-corrected chi connectivity index (χ3v) is 4.81. The van der Waals surface area contributed by atoms with E-state index in [1.165, 1.54) is 17.9 Å². The Kier molecular flexibility index (Phi) is 5.29. The van der Waals surface area contributed by atoms with Crippen molar-refractivity contribution in [2.45, 2.75) is 26.5 Å². The monoisotopic (exact) mass is 390 g/mol. The van der Waals surface area contributed by atoms with Crippen LogP contribution in [0.5, 0.6) is 11.5 Å². The number of ketones is 1. The topological polar surface area (TPSA) is 82.0 Å². The Labute approximate surface area is 168 Å². The number of Topliss-reactive ketones (excluding diaryl/α,β-unsaturated/α-hetero) is 1. The lowest BCUT2D eigenvalue weighted by Crippen LogP contribution is -2.03. The number of aromatic amines is 1. The molecule has 4 rings (SSSR count). The van der Waals surface area contributed by atoms with E-state index in [-0.39, 0.29) is 12.4 Å². The highest BCUT2D eigenvalue weighted by Crippen LogP contribution is 2.26. The lowest BCUT2D eigenvalue weighted by Gasteiger charge is -2.10. The molecule has 0 aliphatic carbocycles. The maximum absolute atomic E-state index is 11.8. The Bertz CT molecular complexity index is 1150. The number of carbonyl (C=O) groups excluding carboxylic acids is 1. The van der Waals surface area contributed by atoms with Crippen molar-refractivity contribution in [3.05, 3.63) is 71.7 Å². The first-order valence-corrected chi connectivity index (χ1v) is 9.40. The summed E-state index contributed by atoms with van der Waals surface area (Å²) in [5.74, 6) is 1.04. The number of aromatic nitrogens is 4.